The van der Waals surface area contributed by atoms with Crippen LogP contribution in [-0.4, -0.2) is 4.98 Å². The van der Waals surface area contributed by atoms with Gasteiger partial charge in [0.2, 0.25) is 0 Å². The van der Waals surface area contributed by atoms with Gasteiger partial charge in [-0.15, -0.1) is 0 Å². The Bertz CT molecular complexity index is 245. The van der Waals surface area contributed by atoms with Crippen LogP contribution in [-0.2, 0) is 11.8 Å². The highest BCUT2D eigenvalue weighted by Gasteiger charge is 1.99. The van der Waals surface area contributed by atoms with Gasteiger partial charge in [0.1, 0.15) is 0 Å². The van der Waals surface area contributed by atoms with Crippen molar-refractivity contribution < 1.29 is 0 Å². The summed E-state index contributed by atoms with van der Waals surface area (Å²) in [5.41, 5.74) is 3.62. The van der Waals surface area contributed by atoms with Gasteiger partial charge in [-0.05, 0) is 25.0 Å². The molecule has 0 spiro atoms. The molecule has 1 rings (SSSR count). The van der Waals surface area contributed by atoms with Crippen molar-refractivity contribution in [3.05, 3.63) is 29.1 Å². The lowest BCUT2D eigenvalue weighted by atomic mass is 10.1. The lowest BCUT2D eigenvalue weighted by Gasteiger charge is -2.03. The lowest BCUT2D eigenvalue weighted by Crippen LogP contribution is -1.95. The smallest absolute Gasteiger partial charge is 0.0444 e. The zero-order valence-corrected chi connectivity index (χ0v) is 8.48. The standard InChI is InChI=1S/C9H12BrN/c1-3-9-8(6-10)5-4-7(2)11-9/h4-5H,3,6H2,1-2H3. The number of hydrogen-bond donors (Lipinski definition) is 0. The molecule has 0 aromatic carbocycles. The summed E-state index contributed by atoms with van der Waals surface area (Å²) < 4.78 is 0. The monoisotopic (exact) mass is 213 g/mol. The largest absolute Gasteiger partial charge is 0.258 e. The van der Waals surface area contributed by atoms with Crippen molar-refractivity contribution in [1.29, 1.82) is 0 Å². The third kappa shape index (κ3) is 2.03. The van der Waals surface area contributed by atoms with Gasteiger partial charge in [0, 0.05) is 16.7 Å². The first-order valence-electron chi connectivity index (χ1n) is 3.79. The molecule has 1 aromatic heterocycles. The van der Waals surface area contributed by atoms with Crippen molar-refractivity contribution in [3.63, 3.8) is 0 Å². The first-order valence-corrected chi connectivity index (χ1v) is 4.91. The predicted octanol–water partition coefficient (Wildman–Crippen LogP) is 2.85. The van der Waals surface area contributed by atoms with E-state index in [0.717, 1.165) is 17.4 Å². The van der Waals surface area contributed by atoms with E-state index in [4.69, 9.17) is 0 Å². The topological polar surface area (TPSA) is 12.9 Å². The quantitative estimate of drug-likeness (QED) is 0.690. The first kappa shape index (κ1) is 8.72. The molecule has 60 valence electrons. The van der Waals surface area contributed by atoms with E-state index in [0.29, 0.717) is 0 Å². The molecular weight excluding hydrogens is 202 g/mol. The molecule has 1 heterocycles. The van der Waals surface area contributed by atoms with Crippen molar-refractivity contribution >= 4 is 15.9 Å². The van der Waals surface area contributed by atoms with Gasteiger partial charge in [0.25, 0.3) is 0 Å². The van der Waals surface area contributed by atoms with E-state index >= 15 is 0 Å². The van der Waals surface area contributed by atoms with Crippen molar-refractivity contribution in [3.8, 4) is 0 Å². The van der Waals surface area contributed by atoms with Crippen molar-refractivity contribution in [2.75, 3.05) is 0 Å². The number of nitrogens with zero attached hydrogens (tertiary/aromatic N) is 1. The third-order valence-corrected chi connectivity index (χ3v) is 2.29. The van der Waals surface area contributed by atoms with Crippen LogP contribution in [0.2, 0.25) is 0 Å². The summed E-state index contributed by atoms with van der Waals surface area (Å²) >= 11 is 3.43. The summed E-state index contributed by atoms with van der Waals surface area (Å²) in [4.78, 5) is 4.43. The van der Waals surface area contributed by atoms with E-state index in [9.17, 15) is 0 Å². The Morgan fingerprint density at radius 1 is 1.45 bits per heavy atom. The second-order valence-corrected chi connectivity index (χ2v) is 3.11. The number of aromatic nitrogens is 1. The molecule has 0 bridgehead atoms. The number of hydrogen-bond acceptors (Lipinski definition) is 1. The molecule has 1 aromatic rings. The zero-order chi connectivity index (χ0) is 8.27. The van der Waals surface area contributed by atoms with Crippen molar-refractivity contribution in [2.24, 2.45) is 0 Å². The fourth-order valence-electron chi connectivity index (χ4n) is 1.07. The molecule has 0 unspecified atom stereocenters. The Kier molecular flexibility index (Phi) is 3.06. The van der Waals surface area contributed by atoms with Gasteiger partial charge in [-0.2, -0.15) is 0 Å². The molecule has 0 saturated carbocycles. The Balaban J connectivity index is 3.06. The Morgan fingerprint density at radius 3 is 2.73 bits per heavy atom. The van der Waals surface area contributed by atoms with Crippen molar-refractivity contribution in [1.82, 2.24) is 4.98 Å². The maximum Gasteiger partial charge on any atom is 0.0444 e. The molecule has 0 aliphatic heterocycles. The highest BCUT2D eigenvalue weighted by Crippen LogP contribution is 2.11. The van der Waals surface area contributed by atoms with E-state index in [1.165, 1.54) is 11.3 Å². The van der Waals surface area contributed by atoms with Gasteiger partial charge >= 0.3 is 0 Å². The highest BCUT2D eigenvalue weighted by molar-refractivity contribution is 9.08. The van der Waals surface area contributed by atoms with Crippen LogP contribution in [0.25, 0.3) is 0 Å². The van der Waals surface area contributed by atoms with E-state index < -0.39 is 0 Å². The maximum atomic E-state index is 4.43. The number of halogens is 1. The second kappa shape index (κ2) is 3.86. The summed E-state index contributed by atoms with van der Waals surface area (Å²) in [7, 11) is 0. The number of aryl methyl sites for hydroxylation is 2. The normalized spacial score (nSPS) is 10.1. The van der Waals surface area contributed by atoms with Crippen LogP contribution in [0, 0.1) is 6.92 Å². The fraction of sp³-hybridized carbons (Fsp3) is 0.444. The van der Waals surface area contributed by atoms with Crippen molar-refractivity contribution in [2.45, 2.75) is 25.6 Å². The van der Waals surface area contributed by atoms with Crippen LogP contribution < -0.4 is 0 Å². The zero-order valence-electron chi connectivity index (χ0n) is 6.89. The summed E-state index contributed by atoms with van der Waals surface area (Å²) in [5, 5.41) is 0.906. The predicted molar refractivity (Wildman–Crippen MR) is 51.0 cm³/mol. The fourth-order valence-corrected chi connectivity index (χ4v) is 1.58. The minimum absolute atomic E-state index is 0.906. The van der Waals surface area contributed by atoms with Crippen LogP contribution in [0.1, 0.15) is 23.9 Å². The summed E-state index contributed by atoms with van der Waals surface area (Å²) in [6.45, 7) is 4.16. The molecule has 1 nitrogen and oxygen atoms in total. The molecule has 0 amide bonds. The summed E-state index contributed by atoms with van der Waals surface area (Å²) in [6.07, 6.45) is 1.02. The van der Waals surface area contributed by atoms with Gasteiger partial charge < -0.3 is 0 Å². The molecule has 0 N–H and O–H groups in total. The average Bonchev–Trinajstić information content (AvgIpc) is 2.04. The number of rotatable bonds is 2. The molecule has 11 heavy (non-hydrogen) atoms. The van der Waals surface area contributed by atoms with E-state index in [-0.39, 0.29) is 0 Å². The minimum Gasteiger partial charge on any atom is -0.258 e. The Morgan fingerprint density at radius 2 is 2.18 bits per heavy atom. The molecule has 0 aliphatic rings. The minimum atomic E-state index is 0.906. The molecular formula is C9H12BrN. The maximum absolute atomic E-state index is 4.43. The van der Waals surface area contributed by atoms with Crippen LogP contribution in [0.4, 0.5) is 0 Å². The summed E-state index contributed by atoms with van der Waals surface area (Å²) in [6, 6.07) is 4.19. The first-order chi connectivity index (χ1) is 5.27. The van der Waals surface area contributed by atoms with Gasteiger partial charge in [-0.1, -0.05) is 28.9 Å². The van der Waals surface area contributed by atoms with Gasteiger partial charge in [-0.3, -0.25) is 4.98 Å². The third-order valence-electron chi connectivity index (χ3n) is 1.69. The number of pyridine rings is 1. The second-order valence-electron chi connectivity index (χ2n) is 2.55. The lowest BCUT2D eigenvalue weighted by molar-refractivity contribution is 0.979. The molecule has 0 aliphatic carbocycles. The van der Waals surface area contributed by atoms with E-state index in [2.05, 4.69) is 40.0 Å². The van der Waals surface area contributed by atoms with Gasteiger partial charge in [0.05, 0.1) is 0 Å². The average molecular weight is 214 g/mol. The number of alkyl halides is 1. The van der Waals surface area contributed by atoms with Crippen LogP contribution in [0.5, 0.6) is 0 Å². The van der Waals surface area contributed by atoms with Gasteiger partial charge in [0.15, 0.2) is 0 Å². The molecule has 0 saturated heterocycles. The summed E-state index contributed by atoms with van der Waals surface area (Å²) in [5.74, 6) is 0. The molecule has 2 heteroatoms. The van der Waals surface area contributed by atoms with E-state index in [1.54, 1.807) is 0 Å². The SMILES string of the molecule is CCc1nc(C)ccc1CBr. The van der Waals surface area contributed by atoms with Crippen LogP contribution >= 0.6 is 15.9 Å². The van der Waals surface area contributed by atoms with E-state index in [1.807, 2.05) is 6.92 Å². The van der Waals surface area contributed by atoms with Crippen LogP contribution in [0.15, 0.2) is 12.1 Å². The molecule has 0 radical (unpaired) electrons. The molecule has 0 fully saturated rings. The highest BCUT2D eigenvalue weighted by atomic mass is 79.9. The molecule has 0 atom stereocenters. The Hall–Kier alpha value is -0.370. The van der Waals surface area contributed by atoms with Gasteiger partial charge in [-0.25, -0.2) is 0 Å². The Labute approximate surface area is 76.0 Å². The van der Waals surface area contributed by atoms with Crippen LogP contribution in [0.3, 0.4) is 0 Å².